The van der Waals surface area contributed by atoms with Gasteiger partial charge < -0.3 is 5.32 Å². The molecule has 0 spiro atoms. The second-order valence-corrected chi connectivity index (χ2v) is 5.93. The topological polar surface area (TPSA) is 72.2 Å². The van der Waals surface area contributed by atoms with Crippen molar-refractivity contribution >= 4 is 51.5 Å². The molecule has 0 saturated heterocycles. The van der Waals surface area contributed by atoms with Gasteiger partial charge in [0.05, 0.1) is 9.95 Å². The third kappa shape index (κ3) is 3.70. The Kier molecular flexibility index (Phi) is 4.79. The van der Waals surface area contributed by atoms with Crippen LogP contribution in [0.25, 0.3) is 0 Å². The van der Waals surface area contributed by atoms with Crippen LogP contribution in [0.15, 0.2) is 36.4 Å². The number of hydrogen-bond acceptors (Lipinski definition) is 3. The molecule has 0 aliphatic rings. The maximum absolute atomic E-state index is 12.1. The van der Waals surface area contributed by atoms with Crippen molar-refractivity contribution in [3.05, 3.63) is 66.2 Å². The van der Waals surface area contributed by atoms with E-state index in [-0.39, 0.29) is 11.4 Å². The van der Waals surface area contributed by atoms with Gasteiger partial charge in [0, 0.05) is 15.2 Å². The number of nitrogens with one attached hydrogen (secondary N) is 1. The SMILES string of the molecule is Cc1ccc(NC(=O)c2ccc(I)c(Cl)c2)c([N+](=O)[O-])c1. The van der Waals surface area contributed by atoms with Crippen molar-refractivity contribution in [3.8, 4) is 0 Å². The number of hydrogen-bond donors (Lipinski definition) is 1. The minimum absolute atomic E-state index is 0.139. The van der Waals surface area contributed by atoms with Crippen LogP contribution in [0.3, 0.4) is 0 Å². The molecule has 7 heteroatoms. The summed E-state index contributed by atoms with van der Waals surface area (Å²) in [5.41, 5.74) is 1.11. The highest BCUT2D eigenvalue weighted by atomic mass is 127. The smallest absolute Gasteiger partial charge is 0.293 e. The molecule has 0 aromatic heterocycles. The van der Waals surface area contributed by atoms with Crippen LogP contribution in [-0.4, -0.2) is 10.8 Å². The number of nitrogens with zero attached hydrogens (tertiary/aromatic N) is 1. The lowest BCUT2D eigenvalue weighted by molar-refractivity contribution is -0.384. The van der Waals surface area contributed by atoms with E-state index in [1.807, 2.05) is 0 Å². The van der Waals surface area contributed by atoms with E-state index in [1.54, 1.807) is 25.1 Å². The summed E-state index contributed by atoms with van der Waals surface area (Å²) in [5.74, 6) is -0.444. The summed E-state index contributed by atoms with van der Waals surface area (Å²) in [6.07, 6.45) is 0. The largest absolute Gasteiger partial charge is 0.316 e. The molecular weight excluding hydrogens is 407 g/mol. The summed E-state index contributed by atoms with van der Waals surface area (Å²) >= 11 is 8.02. The van der Waals surface area contributed by atoms with Crippen molar-refractivity contribution in [3.63, 3.8) is 0 Å². The molecule has 0 heterocycles. The molecule has 0 fully saturated rings. The molecule has 5 nitrogen and oxygen atoms in total. The molecule has 2 aromatic carbocycles. The van der Waals surface area contributed by atoms with Crippen LogP contribution in [0.1, 0.15) is 15.9 Å². The molecule has 0 saturated carbocycles. The summed E-state index contributed by atoms with van der Waals surface area (Å²) in [4.78, 5) is 22.6. The van der Waals surface area contributed by atoms with Crippen molar-refractivity contribution in [1.29, 1.82) is 0 Å². The van der Waals surface area contributed by atoms with E-state index in [9.17, 15) is 14.9 Å². The summed E-state index contributed by atoms with van der Waals surface area (Å²) in [6.45, 7) is 1.75. The van der Waals surface area contributed by atoms with Gasteiger partial charge in [-0.15, -0.1) is 0 Å². The number of nitro groups is 1. The Labute approximate surface area is 139 Å². The van der Waals surface area contributed by atoms with Crippen LogP contribution >= 0.6 is 34.2 Å². The number of benzene rings is 2. The molecule has 0 aliphatic carbocycles. The number of aryl methyl sites for hydroxylation is 1. The van der Waals surface area contributed by atoms with E-state index in [1.165, 1.54) is 18.2 Å². The maximum atomic E-state index is 12.1. The number of halogens is 2. The first-order valence-electron chi connectivity index (χ1n) is 5.90. The van der Waals surface area contributed by atoms with Crippen LogP contribution in [0.4, 0.5) is 11.4 Å². The van der Waals surface area contributed by atoms with Crippen LogP contribution in [0.5, 0.6) is 0 Å². The lowest BCUT2D eigenvalue weighted by Gasteiger charge is -2.07. The Morgan fingerprint density at radius 2 is 2.00 bits per heavy atom. The summed E-state index contributed by atoms with van der Waals surface area (Å²) in [6, 6.07) is 9.47. The van der Waals surface area contributed by atoms with Gasteiger partial charge in [-0.2, -0.15) is 0 Å². The lowest BCUT2D eigenvalue weighted by Crippen LogP contribution is -2.13. The third-order valence-electron chi connectivity index (χ3n) is 2.78. The van der Waals surface area contributed by atoms with Gasteiger partial charge in [-0.05, 0) is 59.3 Å². The average Bonchev–Trinajstić information content (AvgIpc) is 2.43. The zero-order chi connectivity index (χ0) is 15.6. The monoisotopic (exact) mass is 416 g/mol. The van der Waals surface area contributed by atoms with E-state index >= 15 is 0 Å². The van der Waals surface area contributed by atoms with Gasteiger partial charge in [0.2, 0.25) is 0 Å². The highest BCUT2D eigenvalue weighted by molar-refractivity contribution is 14.1. The Balaban J connectivity index is 2.31. The van der Waals surface area contributed by atoms with Crippen molar-refractivity contribution in [2.24, 2.45) is 0 Å². The fourth-order valence-corrected chi connectivity index (χ4v) is 2.25. The van der Waals surface area contributed by atoms with E-state index < -0.39 is 10.8 Å². The number of carbonyl (C=O) groups is 1. The molecule has 0 aliphatic heterocycles. The Morgan fingerprint density at radius 3 is 2.62 bits per heavy atom. The Hall–Kier alpha value is -1.67. The van der Waals surface area contributed by atoms with Gasteiger partial charge in [-0.25, -0.2) is 0 Å². The molecule has 21 heavy (non-hydrogen) atoms. The van der Waals surface area contributed by atoms with Crippen LogP contribution in [0, 0.1) is 20.6 Å². The van der Waals surface area contributed by atoms with Gasteiger partial charge in [0.25, 0.3) is 11.6 Å². The van der Waals surface area contributed by atoms with E-state index in [0.29, 0.717) is 10.6 Å². The normalized spacial score (nSPS) is 10.2. The molecule has 0 unspecified atom stereocenters. The van der Waals surface area contributed by atoms with E-state index in [0.717, 1.165) is 9.13 Å². The van der Waals surface area contributed by atoms with Gasteiger partial charge in [-0.1, -0.05) is 17.7 Å². The minimum Gasteiger partial charge on any atom is -0.316 e. The molecule has 2 aromatic rings. The number of carbonyl (C=O) groups excluding carboxylic acids is 1. The number of anilines is 1. The number of amides is 1. The highest BCUT2D eigenvalue weighted by Crippen LogP contribution is 2.26. The van der Waals surface area contributed by atoms with Gasteiger partial charge in [0.15, 0.2) is 0 Å². The highest BCUT2D eigenvalue weighted by Gasteiger charge is 2.17. The molecule has 0 atom stereocenters. The zero-order valence-electron chi connectivity index (χ0n) is 10.9. The second-order valence-electron chi connectivity index (χ2n) is 4.36. The van der Waals surface area contributed by atoms with Crippen LogP contribution in [-0.2, 0) is 0 Å². The van der Waals surface area contributed by atoms with E-state index in [2.05, 4.69) is 27.9 Å². The first-order chi connectivity index (χ1) is 9.88. The van der Waals surface area contributed by atoms with Gasteiger partial charge in [0.1, 0.15) is 5.69 Å². The second kappa shape index (κ2) is 6.40. The van der Waals surface area contributed by atoms with Gasteiger partial charge in [-0.3, -0.25) is 14.9 Å². The fourth-order valence-electron chi connectivity index (χ4n) is 1.73. The predicted octanol–water partition coefficient (Wildman–Crippen LogP) is 4.41. The van der Waals surface area contributed by atoms with Crippen molar-refractivity contribution < 1.29 is 9.72 Å². The molecule has 0 radical (unpaired) electrons. The Morgan fingerprint density at radius 1 is 1.29 bits per heavy atom. The van der Waals surface area contributed by atoms with Crippen molar-refractivity contribution in [2.45, 2.75) is 6.92 Å². The Bertz CT molecular complexity index is 734. The van der Waals surface area contributed by atoms with Crippen molar-refractivity contribution in [1.82, 2.24) is 0 Å². The van der Waals surface area contributed by atoms with Crippen molar-refractivity contribution in [2.75, 3.05) is 5.32 Å². The first kappa shape index (κ1) is 15.7. The fraction of sp³-hybridized carbons (Fsp3) is 0.0714. The molecule has 0 bridgehead atoms. The summed E-state index contributed by atoms with van der Waals surface area (Å²) in [5, 5.41) is 14.0. The standard InChI is InChI=1S/C14H10ClIN2O3/c1-8-2-5-12(13(6-8)18(20)21)17-14(19)9-3-4-11(16)10(15)7-9/h2-7H,1H3,(H,17,19). The van der Waals surface area contributed by atoms with Gasteiger partial charge >= 0.3 is 0 Å². The van der Waals surface area contributed by atoms with Crippen LogP contribution < -0.4 is 5.32 Å². The summed E-state index contributed by atoms with van der Waals surface area (Å²) < 4.78 is 0.826. The average molecular weight is 417 g/mol. The number of rotatable bonds is 3. The third-order valence-corrected chi connectivity index (χ3v) is 4.35. The first-order valence-corrected chi connectivity index (χ1v) is 7.35. The summed E-state index contributed by atoms with van der Waals surface area (Å²) in [7, 11) is 0. The minimum atomic E-state index is -0.524. The molecular formula is C14H10ClIN2O3. The molecule has 1 amide bonds. The number of nitro benzene ring substituents is 1. The van der Waals surface area contributed by atoms with Crippen LogP contribution in [0.2, 0.25) is 5.02 Å². The lowest BCUT2D eigenvalue weighted by atomic mass is 10.1. The predicted molar refractivity (Wildman–Crippen MR) is 90.0 cm³/mol. The quantitative estimate of drug-likeness (QED) is 0.457. The zero-order valence-corrected chi connectivity index (χ0v) is 13.8. The molecule has 1 N–H and O–H groups in total. The maximum Gasteiger partial charge on any atom is 0.293 e. The van der Waals surface area contributed by atoms with E-state index in [4.69, 9.17) is 11.6 Å². The molecule has 108 valence electrons. The molecule has 2 rings (SSSR count).